The van der Waals surface area contributed by atoms with Crippen LogP contribution in [0.3, 0.4) is 0 Å². The van der Waals surface area contributed by atoms with Gasteiger partial charge >= 0.3 is 0 Å². The van der Waals surface area contributed by atoms with Gasteiger partial charge in [0, 0.05) is 62.9 Å². The van der Waals surface area contributed by atoms with Gasteiger partial charge in [-0.15, -0.1) is 0 Å². The summed E-state index contributed by atoms with van der Waals surface area (Å²) < 4.78 is 9.77. The summed E-state index contributed by atoms with van der Waals surface area (Å²) in [7, 11) is 3.82. The van der Waals surface area contributed by atoms with E-state index in [1.165, 1.54) is 0 Å². The summed E-state index contributed by atoms with van der Waals surface area (Å²) in [5, 5.41) is 8.58. The quantitative estimate of drug-likeness (QED) is 0.503. The maximum absolute atomic E-state index is 6.12. The molecule has 32 heavy (non-hydrogen) atoms. The molecule has 0 aromatic carbocycles. The van der Waals surface area contributed by atoms with Gasteiger partial charge in [-0.1, -0.05) is 0 Å². The van der Waals surface area contributed by atoms with Gasteiger partial charge in [-0.3, -0.25) is 9.67 Å². The van der Waals surface area contributed by atoms with Crippen LogP contribution in [0.4, 0.5) is 0 Å². The number of ether oxygens (including phenoxy) is 1. The smallest absolute Gasteiger partial charge is 0.143 e. The number of nitrogens with zero attached hydrogens (tertiary/aromatic N) is 5. The molecule has 4 aromatic rings. The summed E-state index contributed by atoms with van der Waals surface area (Å²) in [6.45, 7) is 4.42. The van der Waals surface area contributed by atoms with Crippen LogP contribution in [0.5, 0.6) is 0 Å². The lowest BCUT2D eigenvalue weighted by Gasteiger charge is -2.23. The largest absolute Gasteiger partial charge is 0.401 e. The van der Waals surface area contributed by atoms with Crippen molar-refractivity contribution in [2.75, 3.05) is 20.3 Å². The third-order valence-corrected chi connectivity index (χ3v) is 6.34. The van der Waals surface area contributed by atoms with E-state index >= 15 is 0 Å². The predicted octanol–water partition coefficient (Wildman–Crippen LogP) is 3.28. The number of hydrogen-bond acceptors (Lipinski definition) is 6. The van der Waals surface area contributed by atoms with E-state index in [1.54, 1.807) is 6.20 Å². The molecule has 8 nitrogen and oxygen atoms in total. The van der Waals surface area contributed by atoms with Crippen molar-refractivity contribution in [3.05, 3.63) is 47.9 Å². The van der Waals surface area contributed by atoms with Gasteiger partial charge in [-0.25, -0.2) is 4.98 Å². The van der Waals surface area contributed by atoms with Gasteiger partial charge in [0.25, 0.3) is 0 Å². The molecule has 0 saturated carbocycles. The lowest BCUT2D eigenvalue weighted by atomic mass is 10.0. The second kappa shape index (κ2) is 8.27. The van der Waals surface area contributed by atoms with Crippen molar-refractivity contribution in [1.29, 1.82) is 0 Å². The molecule has 0 aliphatic carbocycles. The molecule has 1 aliphatic heterocycles. The number of allylic oxidation sites excluding steroid dienone is 1. The second-order valence-corrected chi connectivity index (χ2v) is 8.47. The van der Waals surface area contributed by atoms with Crippen LogP contribution < -0.4 is 11.1 Å². The second-order valence-electron chi connectivity index (χ2n) is 8.47. The molecule has 0 radical (unpaired) electrons. The minimum atomic E-state index is 0.545. The van der Waals surface area contributed by atoms with Crippen molar-refractivity contribution < 1.29 is 4.74 Å². The summed E-state index contributed by atoms with van der Waals surface area (Å²) >= 11 is 0. The van der Waals surface area contributed by atoms with Gasteiger partial charge in [0.2, 0.25) is 0 Å². The van der Waals surface area contributed by atoms with Crippen LogP contribution in [0.2, 0.25) is 0 Å². The molecule has 3 N–H and O–H groups in total. The van der Waals surface area contributed by atoms with E-state index in [1.807, 2.05) is 38.0 Å². The lowest BCUT2D eigenvalue weighted by molar-refractivity contribution is 0.0619. The minimum absolute atomic E-state index is 0.545. The summed E-state index contributed by atoms with van der Waals surface area (Å²) in [5.41, 5.74) is 13.6. The fourth-order valence-electron chi connectivity index (χ4n) is 4.67. The number of fused-ring (bicyclic) bond motifs is 3. The number of aromatic nitrogens is 5. The predicted molar refractivity (Wildman–Crippen MR) is 127 cm³/mol. The van der Waals surface area contributed by atoms with Crippen LogP contribution >= 0.6 is 0 Å². The zero-order valence-electron chi connectivity index (χ0n) is 18.8. The Balaban J connectivity index is 1.73. The highest BCUT2D eigenvalue weighted by Gasteiger charge is 2.21. The Morgan fingerprint density at radius 2 is 2.06 bits per heavy atom. The van der Waals surface area contributed by atoms with Gasteiger partial charge in [-0.05, 0) is 49.9 Å². The number of nitrogens with two attached hydrogens (primary N) is 1. The number of nitrogens with one attached hydrogen (secondary N) is 1. The first kappa shape index (κ1) is 20.5. The van der Waals surface area contributed by atoms with E-state index in [4.69, 9.17) is 20.4 Å². The Kier molecular flexibility index (Phi) is 5.30. The molecule has 0 spiro atoms. The van der Waals surface area contributed by atoms with Crippen molar-refractivity contribution in [3.63, 3.8) is 0 Å². The molecule has 5 rings (SSSR count). The first-order chi connectivity index (χ1) is 15.6. The zero-order valence-corrected chi connectivity index (χ0v) is 18.8. The fraction of sp³-hybridized carbons (Fsp3) is 0.375. The number of pyridine rings is 2. The summed E-state index contributed by atoms with van der Waals surface area (Å²) in [6, 6.07) is 8.35. The molecule has 166 valence electrons. The van der Waals surface area contributed by atoms with Gasteiger partial charge < -0.3 is 20.4 Å². The summed E-state index contributed by atoms with van der Waals surface area (Å²) in [4.78, 5) is 9.94. The maximum Gasteiger partial charge on any atom is 0.143 e. The molecule has 0 bridgehead atoms. The highest BCUT2D eigenvalue weighted by atomic mass is 16.5. The fourth-order valence-corrected chi connectivity index (χ4v) is 4.67. The molecule has 0 unspecified atom stereocenters. The van der Waals surface area contributed by atoms with Gasteiger partial charge in [0.15, 0.2) is 0 Å². The van der Waals surface area contributed by atoms with E-state index in [0.717, 1.165) is 83.0 Å². The number of hydrogen-bond donors (Lipinski definition) is 2. The molecule has 0 atom stereocenters. The molecule has 0 amide bonds. The Bertz CT molecular complexity index is 1310. The molecule has 1 fully saturated rings. The Hall–Kier alpha value is -3.39. The van der Waals surface area contributed by atoms with E-state index in [9.17, 15) is 0 Å². The average molecular weight is 432 g/mol. The Labute approximate surface area is 187 Å². The van der Waals surface area contributed by atoms with Crippen molar-refractivity contribution in [2.45, 2.75) is 26.3 Å². The SMILES string of the molecule is CN/C(=C(/C)N)c1cnc2c3ccc(-c4ccnn4C)nc3n(CC3CCOCC3)c2c1. The van der Waals surface area contributed by atoms with E-state index in [-0.39, 0.29) is 0 Å². The summed E-state index contributed by atoms with van der Waals surface area (Å²) in [5.74, 6) is 0.545. The normalized spacial score (nSPS) is 16.0. The van der Waals surface area contributed by atoms with Crippen LogP contribution in [0.25, 0.3) is 39.2 Å². The van der Waals surface area contributed by atoms with Crippen molar-refractivity contribution >= 4 is 27.8 Å². The topological polar surface area (TPSA) is 95.8 Å². The minimum Gasteiger partial charge on any atom is -0.401 e. The maximum atomic E-state index is 6.12. The van der Waals surface area contributed by atoms with Crippen molar-refractivity contribution in [2.24, 2.45) is 18.7 Å². The third kappa shape index (κ3) is 3.50. The lowest BCUT2D eigenvalue weighted by Crippen LogP contribution is -2.20. The van der Waals surface area contributed by atoms with Crippen LogP contribution in [0.1, 0.15) is 25.3 Å². The van der Waals surface area contributed by atoms with Crippen LogP contribution in [0.15, 0.2) is 42.4 Å². The molecule has 1 aliphatic rings. The molecule has 8 heteroatoms. The van der Waals surface area contributed by atoms with Gasteiger partial charge in [0.05, 0.1) is 28.1 Å². The third-order valence-electron chi connectivity index (χ3n) is 6.34. The molecule has 4 aromatic heterocycles. The Morgan fingerprint density at radius 1 is 1.25 bits per heavy atom. The van der Waals surface area contributed by atoms with Gasteiger partial charge in [0.1, 0.15) is 5.65 Å². The number of aryl methyl sites for hydroxylation is 1. The van der Waals surface area contributed by atoms with E-state index < -0.39 is 0 Å². The van der Waals surface area contributed by atoms with Gasteiger partial charge in [-0.2, -0.15) is 5.10 Å². The number of rotatable bonds is 5. The first-order valence-corrected chi connectivity index (χ1v) is 11.1. The van der Waals surface area contributed by atoms with E-state index in [0.29, 0.717) is 5.92 Å². The Morgan fingerprint density at radius 3 is 2.75 bits per heavy atom. The average Bonchev–Trinajstić information content (AvgIpc) is 3.36. The highest BCUT2D eigenvalue weighted by molar-refractivity contribution is 6.05. The molecule has 1 saturated heterocycles. The molecular weight excluding hydrogens is 402 g/mol. The monoisotopic (exact) mass is 431 g/mol. The molecular formula is C24H29N7O. The van der Waals surface area contributed by atoms with Crippen LogP contribution in [0, 0.1) is 5.92 Å². The van der Waals surface area contributed by atoms with Crippen LogP contribution in [-0.2, 0) is 18.3 Å². The van der Waals surface area contributed by atoms with Crippen LogP contribution in [-0.4, -0.2) is 44.6 Å². The standard InChI is InChI=1S/C24H29N7O/c1-15(25)22(26-2)17-12-21-23(27-13-17)18-4-5-19(20-6-9-28-30(20)3)29-24(18)31(21)14-16-7-10-32-11-8-16/h4-6,9,12-13,16,26H,7-8,10-11,14,25H2,1-3H3/b22-15-. The summed E-state index contributed by atoms with van der Waals surface area (Å²) in [6.07, 6.45) is 5.80. The zero-order chi connectivity index (χ0) is 22.2. The van der Waals surface area contributed by atoms with Crippen molar-refractivity contribution in [1.82, 2.24) is 29.6 Å². The highest BCUT2D eigenvalue weighted by Crippen LogP contribution is 2.32. The first-order valence-electron chi connectivity index (χ1n) is 11.1. The molecule has 5 heterocycles. The van der Waals surface area contributed by atoms with Crippen molar-refractivity contribution in [3.8, 4) is 11.4 Å². The van der Waals surface area contributed by atoms with E-state index in [2.05, 4.69) is 33.2 Å².